The third kappa shape index (κ3) is 4.97. The van der Waals surface area contributed by atoms with Gasteiger partial charge in [0, 0.05) is 11.7 Å². The van der Waals surface area contributed by atoms with Crippen molar-refractivity contribution >= 4 is 23.5 Å². The van der Waals surface area contributed by atoms with Crippen molar-refractivity contribution in [2.45, 2.75) is 32.7 Å². The van der Waals surface area contributed by atoms with Crippen LogP contribution in [0.15, 0.2) is 41.0 Å². The molecule has 1 fully saturated rings. The molecule has 0 unspecified atom stereocenters. The molecule has 0 aliphatic heterocycles. The van der Waals surface area contributed by atoms with Gasteiger partial charge in [-0.25, -0.2) is 4.79 Å². The number of carbonyl (C=O) groups excluding carboxylic acids is 3. The van der Waals surface area contributed by atoms with Gasteiger partial charge in [0.25, 0.3) is 11.8 Å². The minimum Gasteiger partial charge on any atom is -0.459 e. The summed E-state index contributed by atoms with van der Waals surface area (Å²) in [6.45, 7) is 3.42. The molecule has 0 bridgehead atoms. The van der Waals surface area contributed by atoms with Gasteiger partial charge in [0.1, 0.15) is 0 Å². The Hall–Kier alpha value is -3.09. The number of hydrogen-bond donors (Lipinski definition) is 2. The minimum atomic E-state index is -0.627. The van der Waals surface area contributed by atoms with Crippen LogP contribution in [-0.2, 0) is 9.53 Å². The van der Waals surface area contributed by atoms with E-state index < -0.39 is 11.9 Å². The average molecular weight is 370 g/mol. The highest BCUT2D eigenvalue weighted by Crippen LogP contribution is 2.32. The van der Waals surface area contributed by atoms with Crippen LogP contribution in [0.4, 0.5) is 5.69 Å². The Kier molecular flexibility index (Phi) is 5.59. The topological polar surface area (TPSA) is 97.6 Å². The highest BCUT2D eigenvalue weighted by Gasteiger charge is 2.29. The van der Waals surface area contributed by atoms with Gasteiger partial charge in [-0.2, -0.15) is 0 Å². The van der Waals surface area contributed by atoms with Gasteiger partial charge in [0.05, 0.1) is 11.8 Å². The monoisotopic (exact) mass is 370 g/mol. The first-order valence-corrected chi connectivity index (χ1v) is 8.86. The number of esters is 1. The lowest BCUT2D eigenvalue weighted by Crippen LogP contribution is -2.37. The first kappa shape index (κ1) is 18.7. The molecule has 1 aliphatic carbocycles. The van der Waals surface area contributed by atoms with Gasteiger partial charge in [-0.1, -0.05) is 6.07 Å². The van der Waals surface area contributed by atoms with E-state index in [4.69, 9.17) is 9.15 Å². The summed E-state index contributed by atoms with van der Waals surface area (Å²) in [5.74, 6) is -0.660. The number of amides is 2. The van der Waals surface area contributed by atoms with Crippen LogP contribution >= 0.6 is 0 Å². The van der Waals surface area contributed by atoms with E-state index in [1.54, 1.807) is 31.2 Å². The number of aryl methyl sites for hydroxylation is 1. The Morgan fingerprint density at radius 3 is 2.70 bits per heavy atom. The van der Waals surface area contributed by atoms with Crippen LogP contribution in [0.2, 0.25) is 0 Å². The zero-order valence-electron chi connectivity index (χ0n) is 15.3. The molecule has 27 heavy (non-hydrogen) atoms. The second kappa shape index (κ2) is 8.07. The molecular weight excluding hydrogens is 348 g/mol. The largest absolute Gasteiger partial charge is 0.459 e. The lowest BCUT2D eigenvalue weighted by atomic mass is 10.1. The molecule has 1 atom stereocenters. The van der Waals surface area contributed by atoms with Gasteiger partial charge in [0.15, 0.2) is 12.4 Å². The maximum atomic E-state index is 12.2. The molecule has 1 aromatic heterocycles. The van der Waals surface area contributed by atoms with E-state index in [-0.39, 0.29) is 29.9 Å². The quantitative estimate of drug-likeness (QED) is 0.731. The molecule has 142 valence electrons. The molecule has 7 heteroatoms. The van der Waals surface area contributed by atoms with E-state index in [0.29, 0.717) is 11.6 Å². The predicted molar refractivity (Wildman–Crippen MR) is 98.5 cm³/mol. The van der Waals surface area contributed by atoms with Gasteiger partial charge < -0.3 is 19.8 Å². The number of furan rings is 1. The molecule has 0 spiro atoms. The van der Waals surface area contributed by atoms with Crippen molar-refractivity contribution in [3.8, 4) is 0 Å². The Bertz CT molecular complexity index is 840. The minimum absolute atomic E-state index is 0.0963. The summed E-state index contributed by atoms with van der Waals surface area (Å²) in [5.41, 5.74) is 1.50. The molecule has 3 rings (SSSR count). The van der Waals surface area contributed by atoms with E-state index in [2.05, 4.69) is 10.6 Å². The highest BCUT2D eigenvalue weighted by atomic mass is 16.5. The summed E-state index contributed by atoms with van der Waals surface area (Å²) >= 11 is 0. The van der Waals surface area contributed by atoms with E-state index in [1.165, 1.54) is 12.3 Å². The average Bonchev–Trinajstić information content (AvgIpc) is 3.35. The Labute approximate surface area is 157 Å². The van der Waals surface area contributed by atoms with Crippen molar-refractivity contribution in [3.05, 3.63) is 53.5 Å². The van der Waals surface area contributed by atoms with Crippen LogP contribution < -0.4 is 10.6 Å². The SMILES string of the molecule is Cc1ccc(C(=O)OCC(=O)N[C@H](C)C2CC2)cc1NC(=O)c1ccco1. The zero-order chi connectivity index (χ0) is 19.4. The third-order valence-corrected chi connectivity index (χ3v) is 4.52. The first-order valence-electron chi connectivity index (χ1n) is 8.86. The number of ether oxygens (including phenoxy) is 1. The molecule has 7 nitrogen and oxygen atoms in total. The number of rotatable bonds is 7. The van der Waals surface area contributed by atoms with Crippen molar-refractivity contribution in [1.82, 2.24) is 5.32 Å². The van der Waals surface area contributed by atoms with Gasteiger partial charge in [-0.15, -0.1) is 0 Å². The molecule has 2 aromatic rings. The van der Waals surface area contributed by atoms with Crippen molar-refractivity contribution in [2.24, 2.45) is 5.92 Å². The summed E-state index contributed by atoms with van der Waals surface area (Å²) in [7, 11) is 0. The fourth-order valence-corrected chi connectivity index (χ4v) is 2.70. The standard InChI is InChI=1S/C20H22N2O5/c1-12-5-6-15(10-16(12)22-19(24)17-4-3-9-26-17)20(25)27-11-18(23)21-13(2)14-7-8-14/h3-6,9-10,13-14H,7-8,11H2,1-2H3,(H,21,23)(H,22,24)/t13-/m1/s1. The van der Waals surface area contributed by atoms with E-state index >= 15 is 0 Å². The third-order valence-electron chi connectivity index (χ3n) is 4.52. The molecule has 2 amide bonds. The van der Waals surface area contributed by atoms with Crippen LogP contribution in [0.25, 0.3) is 0 Å². The van der Waals surface area contributed by atoms with Crippen molar-refractivity contribution in [2.75, 3.05) is 11.9 Å². The van der Waals surface area contributed by atoms with Crippen molar-refractivity contribution < 1.29 is 23.5 Å². The molecule has 1 saturated carbocycles. The number of hydrogen-bond acceptors (Lipinski definition) is 5. The van der Waals surface area contributed by atoms with Crippen molar-refractivity contribution in [3.63, 3.8) is 0 Å². The fraction of sp³-hybridized carbons (Fsp3) is 0.350. The molecule has 1 aliphatic rings. The molecule has 0 radical (unpaired) electrons. The van der Waals surface area contributed by atoms with Crippen LogP contribution in [0.3, 0.4) is 0 Å². The lowest BCUT2D eigenvalue weighted by Gasteiger charge is -2.13. The molecule has 1 heterocycles. The molecule has 0 saturated heterocycles. The van der Waals surface area contributed by atoms with Gasteiger partial charge in [0.2, 0.25) is 0 Å². The smallest absolute Gasteiger partial charge is 0.338 e. The van der Waals surface area contributed by atoms with Crippen LogP contribution in [0.1, 0.15) is 46.2 Å². The number of carbonyl (C=O) groups is 3. The maximum absolute atomic E-state index is 12.2. The number of nitrogens with one attached hydrogen (secondary N) is 2. The summed E-state index contributed by atoms with van der Waals surface area (Å²) in [6.07, 6.45) is 3.65. The van der Waals surface area contributed by atoms with Crippen LogP contribution in [0, 0.1) is 12.8 Å². The second-order valence-corrected chi connectivity index (χ2v) is 6.73. The Balaban J connectivity index is 1.58. The first-order chi connectivity index (χ1) is 12.9. The van der Waals surface area contributed by atoms with E-state index in [9.17, 15) is 14.4 Å². The van der Waals surface area contributed by atoms with E-state index in [0.717, 1.165) is 18.4 Å². The fourth-order valence-electron chi connectivity index (χ4n) is 2.70. The predicted octanol–water partition coefficient (Wildman–Crippen LogP) is 2.91. The Morgan fingerprint density at radius 2 is 2.04 bits per heavy atom. The van der Waals surface area contributed by atoms with Gasteiger partial charge in [-0.05, 0) is 62.4 Å². The maximum Gasteiger partial charge on any atom is 0.338 e. The summed E-state index contributed by atoms with van der Waals surface area (Å²) in [5, 5.41) is 5.53. The number of benzene rings is 1. The summed E-state index contributed by atoms with van der Waals surface area (Å²) < 4.78 is 10.1. The van der Waals surface area contributed by atoms with Crippen molar-refractivity contribution in [1.29, 1.82) is 0 Å². The van der Waals surface area contributed by atoms with E-state index in [1.807, 2.05) is 6.92 Å². The number of anilines is 1. The van der Waals surface area contributed by atoms with Gasteiger partial charge in [-0.3, -0.25) is 9.59 Å². The summed E-state index contributed by atoms with van der Waals surface area (Å²) in [6, 6.07) is 8.06. The zero-order valence-corrected chi connectivity index (χ0v) is 15.3. The molecule has 1 aromatic carbocycles. The highest BCUT2D eigenvalue weighted by molar-refractivity contribution is 6.03. The molecular formula is C20H22N2O5. The lowest BCUT2D eigenvalue weighted by molar-refractivity contribution is -0.124. The van der Waals surface area contributed by atoms with Crippen LogP contribution in [0.5, 0.6) is 0 Å². The van der Waals surface area contributed by atoms with Gasteiger partial charge >= 0.3 is 5.97 Å². The summed E-state index contributed by atoms with van der Waals surface area (Å²) in [4.78, 5) is 36.2. The van der Waals surface area contributed by atoms with Crippen LogP contribution in [-0.4, -0.2) is 30.4 Å². The normalized spacial score (nSPS) is 14.3. The molecule has 2 N–H and O–H groups in total. The Morgan fingerprint density at radius 1 is 1.26 bits per heavy atom. The second-order valence-electron chi connectivity index (χ2n) is 6.73.